The molecule has 0 spiro atoms. The Labute approximate surface area is 128 Å². The number of halogens is 1. The lowest BCUT2D eigenvalue weighted by Crippen LogP contribution is -2.45. The van der Waals surface area contributed by atoms with E-state index in [9.17, 15) is 8.42 Å². The first-order chi connectivity index (χ1) is 9.46. The molecule has 7 heteroatoms. The molecular weight excluding hydrogens is 342 g/mol. The van der Waals surface area contributed by atoms with Crippen LogP contribution in [0.2, 0.25) is 0 Å². The van der Waals surface area contributed by atoms with Crippen molar-refractivity contribution in [2.45, 2.75) is 6.92 Å². The van der Waals surface area contributed by atoms with E-state index in [-0.39, 0.29) is 5.75 Å². The molecular formula is C13H20BrN3O2S. The highest BCUT2D eigenvalue weighted by atomic mass is 79.9. The summed E-state index contributed by atoms with van der Waals surface area (Å²) in [6.07, 6.45) is 0. The minimum atomic E-state index is -3.32. The van der Waals surface area contributed by atoms with Crippen LogP contribution in [0.1, 0.15) is 5.56 Å². The summed E-state index contributed by atoms with van der Waals surface area (Å²) < 4.78 is 27.7. The van der Waals surface area contributed by atoms with Gasteiger partial charge in [0.25, 0.3) is 0 Å². The van der Waals surface area contributed by atoms with Crippen LogP contribution in [0.3, 0.4) is 0 Å². The maximum absolute atomic E-state index is 12.1. The second-order valence-corrected chi connectivity index (χ2v) is 7.69. The van der Waals surface area contributed by atoms with Crippen LogP contribution in [0, 0.1) is 6.92 Å². The van der Waals surface area contributed by atoms with E-state index in [0.717, 1.165) is 36.2 Å². The zero-order chi connectivity index (χ0) is 14.6. The standard InChI is InChI=1S/C13H20BrN3O2S/c1-11-2-3-12(14)13(10-11)16-20(18,19)9-8-17-6-4-15-5-7-17/h2-3,10,15-16H,4-9H2,1H3. The minimum absolute atomic E-state index is 0.118. The highest BCUT2D eigenvalue weighted by Crippen LogP contribution is 2.24. The highest BCUT2D eigenvalue weighted by molar-refractivity contribution is 9.10. The summed E-state index contributed by atoms with van der Waals surface area (Å²) in [5.41, 5.74) is 1.62. The first kappa shape index (κ1) is 15.8. The van der Waals surface area contributed by atoms with Crippen LogP contribution in [-0.4, -0.2) is 51.8 Å². The number of hydrogen-bond acceptors (Lipinski definition) is 4. The van der Waals surface area contributed by atoms with Gasteiger partial charge in [-0.25, -0.2) is 8.42 Å². The van der Waals surface area contributed by atoms with Crippen LogP contribution in [0.5, 0.6) is 0 Å². The lowest BCUT2D eigenvalue weighted by molar-refractivity contribution is 0.254. The van der Waals surface area contributed by atoms with Gasteiger partial charge in [-0.3, -0.25) is 9.62 Å². The van der Waals surface area contributed by atoms with Crippen LogP contribution in [-0.2, 0) is 10.0 Å². The third-order valence-corrected chi connectivity index (χ3v) is 5.22. The average molecular weight is 362 g/mol. The molecule has 0 saturated carbocycles. The molecule has 1 aromatic rings. The Bertz CT molecular complexity index is 557. The molecule has 1 aromatic carbocycles. The summed E-state index contributed by atoms with van der Waals surface area (Å²) in [5.74, 6) is 0.118. The summed E-state index contributed by atoms with van der Waals surface area (Å²) in [6.45, 7) is 6.17. The van der Waals surface area contributed by atoms with Gasteiger partial charge in [0.1, 0.15) is 0 Å². The minimum Gasteiger partial charge on any atom is -0.314 e. The van der Waals surface area contributed by atoms with E-state index in [4.69, 9.17) is 0 Å². The summed E-state index contributed by atoms with van der Waals surface area (Å²) in [7, 11) is -3.32. The molecule has 5 nitrogen and oxygen atoms in total. The van der Waals surface area contributed by atoms with Crippen LogP contribution >= 0.6 is 15.9 Å². The number of hydrogen-bond donors (Lipinski definition) is 2. The van der Waals surface area contributed by atoms with Gasteiger partial charge in [0.15, 0.2) is 0 Å². The Hall–Kier alpha value is -0.630. The maximum Gasteiger partial charge on any atom is 0.234 e. The number of nitrogens with zero attached hydrogens (tertiary/aromatic N) is 1. The number of piperazine rings is 1. The van der Waals surface area contributed by atoms with Gasteiger partial charge in [-0.1, -0.05) is 6.07 Å². The molecule has 0 aliphatic carbocycles. The third-order valence-electron chi connectivity index (χ3n) is 3.27. The van der Waals surface area contributed by atoms with E-state index in [1.165, 1.54) is 0 Å². The number of nitrogens with one attached hydrogen (secondary N) is 2. The number of anilines is 1. The molecule has 0 atom stereocenters. The Kier molecular flexibility index (Phi) is 5.42. The molecule has 2 rings (SSSR count). The molecule has 1 aliphatic heterocycles. The van der Waals surface area contributed by atoms with Gasteiger partial charge < -0.3 is 5.32 Å². The van der Waals surface area contributed by atoms with E-state index < -0.39 is 10.0 Å². The van der Waals surface area contributed by atoms with Gasteiger partial charge in [0, 0.05) is 37.2 Å². The molecule has 0 aromatic heterocycles. The normalized spacial score (nSPS) is 17.1. The van der Waals surface area contributed by atoms with E-state index >= 15 is 0 Å². The van der Waals surface area contributed by atoms with Gasteiger partial charge in [0.2, 0.25) is 10.0 Å². The van der Waals surface area contributed by atoms with E-state index in [0.29, 0.717) is 12.2 Å². The maximum atomic E-state index is 12.1. The monoisotopic (exact) mass is 361 g/mol. The summed E-state index contributed by atoms with van der Waals surface area (Å²) >= 11 is 3.37. The lowest BCUT2D eigenvalue weighted by Gasteiger charge is -2.27. The smallest absolute Gasteiger partial charge is 0.234 e. The van der Waals surface area contributed by atoms with Crippen LogP contribution < -0.4 is 10.0 Å². The number of rotatable bonds is 5. The van der Waals surface area contributed by atoms with Gasteiger partial charge in [-0.2, -0.15) is 0 Å². The van der Waals surface area contributed by atoms with Gasteiger partial charge in [-0.15, -0.1) is 0 Å². The number of aryl methyl sites for hydroxylation is 1. The van der Waals surface area contributed by atoms with Crippen molar-refractivity contribution in [2.24, 2.45) is 0 Å². The second-order valence-electron chi connectivity index (χ2n) is 5.00. The van der Waals surface area contributed by atoms with E-state index in [1.54, 1.807) is 0 Å². The van der Waals surface area contributed by atoms with Crippen molar-refractivity contribution >= 4 is 31.6 Å². The topological polar surface area (TPSA) is 61.4 Å². The molecule has 0 amide bonds. The largest absolute Gasteiger partial charge is 0.314 e. The average Bonchev–Trinajstić information content (AvgIpc) is 2.42. The molecule has 20 heavy (non-hydrogen) atoms. The molecule has 0 unspecified atom stereocenters. The summed E-state index contributed by atoms with van der Waals surface area (Å²) in [6, 6.07) is 5.61. The Morgan fingerprint density at radius 2 is 2.05 bits per heavy atom. The van der Waals surface area contributed by atoms with E-state index in [2.05, 4.69) is 30.9 Å². The molecule has 0 bridgehead atoms. The zero-order valence-electron chi connectivity index (χ0n) is 11.5. The first-order valence-corrected chi connectivity index (χ1v) is 9.10. The van der Waals surface area contributed by atoms with Crippen molar-refractivity contribution < 1.29 is 8.42 Å². The molecule has 1 heterocycles. The van der Waals surface area contributed by atoms with Crippen molar-refractivity contribution in [1.29, 1.82) is 0 Å². The van der Waals surface area contributed by atoms with Crippen molar-refractivity contribution in [1.82, 2.24) is 10.2 Å². The second kappa shape index (κ2) is 6.89. The molecule has 1 fully saturated rings. The molecule has 112 valence electrons. The summed E-state index contributed by atoms with van der Waals surface area (Å²) in [5, 5.41) is 3.25. The predicted octanol–water partition coefficient (Wildman–Crippen LogP) is 1.40. The quantitative estimate of drug-likeness (QED) is 0.832. The Morgan fingerprint density at radius 1 is 1.35 bits per heavy atom. The van der Waals surface area contributed by atoms with Crippen LogP contribution in [0.4, 0.5) is 5.69 Å². The Balaban J connectivity index is 1.94. The van der Waals surface area contributed by atoms with Crippen molar-refractivity contribution in [3.8, 4) is 0 Å². The highest BCUT2D eigenvalue weighted by Gasteiger charge is 2.16. The number of sulfonamides is 1. The van der Waals surface area contributed by atoms with Crippen molar-refractivity contribution in [2.75, 3.05) is 43.2 Å². The van der Waals surface area contributed by atoms with E-state index in [1.807, 2.05) is 25.1 Å². The lowest BCUT2D eigenvalue weighted by atomic mass is 10.2. The van der Waals surface area contributed by atoms with Gasteiger partial charge in [0.05, 0.1) is 11.4 Å². The number of benzene rings is 1. The van der Waals surface area contributed by atoms with Crippen LogP contribution in [0.25, 0.3) is 0 Å². The SMILES string of the molecule is Cc1ccc(Br)c(NS(=O)(=O)CCN2CCNCC2)c1. The molecule has 2 N–H and O–H groups in total. The van der Waals surface area contributed by atoms with Crippen LogP contribution in [0.15, 0.2) is 22.7 Å². The van der Waals surface area contributed by atoms with Crippen molar-refractivity contribution in [3.63, 3.8) is 0 Å². The fraction of sp³-hybridized carbons (Fsp3) is 0.538. The predicted molar refractivity (Wildman–Crippen MR) is 85.6 cm³/mol. The fourth-order valence-corrected chi connectivity index (χ4v) is 3.70. The third kappa shape index (κ3) is 4.73. The van der Waals surface area contributed by atoms with Gasteiger partial charge in [-0.05, 0) is 40.5 Å². The zero-order valence-corrected chi connectivity index (χ0v) is 13.9. The molecule has 1 aliphatic rings. The summed E-state index contributed by atoms with van der Waals surface area (Å²) in [4.78, 5) is 2.17. The van der Waals surface area contributed by atoms with Gasteiger partial charge >= 0.3 is 0 Å². The fourth-order valence-electron chi connectivity index (χ4n) is 2.12. The first-order valence-electron chi connectivity index (χ1n) is 6.66. The molecule has 0 radical (unpaired) electrons. The molecule has 1 saturated heterocycles. The van der Waals surface area contributed by atoms with Crippen molar-refractivity contribution in [3.05, 3.63) is 28.2 Å². The Morgan fingerprint density at radius 3 is 2.75 bits per heavy atom.